The molecule has 0 unspecified atom stereocenters. The standard InChI is InChI=1S/C73H46N2S3/c1-7-20-61-52(14-1)53-15-2-8-21-62(53)73(61)63-22-9-3-19-59(63)72-64(73)23-13-24-65(72)75(51-37-40-58-55-17-5-11-26-67(55)78-71(58)44-51)48-34-30-46(31-35-48)45-28-32-47(33-29-45)74(49-38-41-69-60(42-49)56-18-6-12-27-68(56)76-69)50-36-39-57-54-16-4-10-25-66(54)77-70(57)43-50/h1-28,30-32,34-44H,29,33H2. The summed E-state index contributed by atoms with van der Waals surface area (Å²) in [4.78, 5) is 5.04. The van der Waals surface area contributed by atoms with Crippen molar-refractivity contribution in [1.82, 2.24) is 0 Å². The fourth-order valence-electron chi connectivity index (χ4n) is 13.7. The summed E-state index contributed by atoms with van der Waals surface area (Å²) in [6, 6.07) is 91.5. The fraction of sp³-hybridized carbons (Fsp3) is 0.0411. The molecule has 0 amide bonds. The van der Waals surface area contributed by atoms with Gasteiger partial charge in [0.05, 0.1) is 11.1 Å². The number of benzene rings is 11. The van der Waals surface area contributed by atoms with E-state index in [1.165, 1.54) is 139 Å². The molecule has 0 fully saturated rings. The molecular weight excluding hydrogens is 1000 g/mol. The molecule has 0 bridgehead atoms. The Hall–Kier alpha value is -8.84. The van der Waals surface area contributed by atoms with Gasteiger partial charge >= 0.3 is 0 Å². The van der Waals surface area contributed by atoms with Gasteiger partial charge < -0.3 is 9.80 Å². The average molecular weight is 1050 g/mol. The van der Waals surface area contributed by atoms with E-state index in [-0.39, 0.29) is 0 Å². The Morgan fingerprint density at radius 2 is 0.769 bits per heavy atom. The van der Waals surface area contributed by atoms with E-state index in [0.29, 0.717) is 0 Å². The van der Waals surface area contributed by atoms with Gasteiger partial charge in [-0.1, -0.05) is 170 Å². The molecule has 1 spiro atoms. The smallest absolute Gasteiger partial charge is 0.0726 e. The van der Waals surface area contributed by atoms with Gasteiger partial charge in [-0.3, -0.25) is 0 Å². The lowest BCUT2D eigenvalue weighted by Gasteiger charge is -2.32. The highest BCUT2D eigenvalue weighted by atomic mass is 32.1. The SMILES string of the molecule is C1=C(c2ccc(N(c3ccc4c(c3)sc3ccccc34)c3cccc4c3-c3ccccc3C43c4ccccc4-c4ccccc43)cc2)CCC(N(c2ccc3c(c2)sc2ccccc23)c2ccc3sc4ccccc4c3c2)=C1. The number of hydrogen-bond donors (Lipinski definition) is 0. The van der Waals surface area contributed by atoms with Crippen LogP contribution in [0.4, 0.5) is 28.4 Å². The van der Waals surface area contributed by atoms with Crippen molar-refractivity contribution in [3.8, 4) is 22.3 Å². The molecule has 78 heavy (non-hydrogen) atoms. The maximum Gasteiger partial charge on any atom is 0.0726 e. The third-order valence-electron chi connectivity index (χ3n) is 17.0. The third-order valence-corrected chi connectivity index (χ3v) is 20.4. The molecule has 17 rings (SSSR count). The van der Waals surface area contributed by atoms with Crippen molar-refractivity contribution in [3.63, 3.8) is 0 Å². The minimum atomic E-state index is -0.439. The first-order valence-corrected chi connectivity index (χ1v) is 29.4. The summed E-state index contributed by atoms with van der Waals surface area (Å²) < 4.78 is 7.88. The van der Waals surface area contributed by atoms with E-state index in [1.807, 2.05) is 34.0 Å². The number of anilines is 5. The number of thiophene rings is 3. The number of rotatable bonds is 7. The monoisotopic (exact) mass is 1050 g/mol. The Balaban J connectivity index is 0.797. The molecule has 3 aliphatic rings. The molecule has 5 heteroatoms. The molecule has 0 N–H and O–H groups in total. The van der Waals surface area contributed by atoms with E-state index in [2.05, 4.69) is 265 Å². The largest absolute Gasteiger partial charge is 0.314 e. The first-order chi connectivity index (χ1) is 38.7. The first-order valence-electron chi connectivity index (χ1n) is 26.9. The lowest BCUT2D eigenvalue weighted by molar-refractivity contribution is 0.794. The second-order valence-electron chi connectivity index (χ2n) is 21.0. The van der Waals surface area contributed by atoms with E-state index >= 15 is 0 Å². The lowest BCUT2D eigenvalue weighted by Crippen LogP contribution is -2.26. The van der Waals surface area contributed by atoms with Crippen molar-refractivity contribution in [3.05, 3.63) is 288 Å². The van der Waals surface area contributed by atoms with Gasteiger partial charge in [0.1, 0.15) is 0 Å². The Kier molecular flexibility index (Phi) is 9.70. The second kappa shape index (κ2) is 17.1. The summed E-state index contributed by atoms with van der Waals surface area (Å²) >= 11 is 5.64. The molecule has 3 aliphatic carbocycles. The zero-order chi connectivity index (χ0) is 51.1. The van der Waals surface area contributed by atoms with Crippen molar-refractivity contribution < 1.29 is 0 Å². The molecule has 3 heterocycles. The van der Waals surface area contributed by atoms with E-state index in [1.54, 1.807) is 0 Å². The Bertz CT molecular complexity index is 4840. The summed E-state index contributed by atoms with van der Waals surface area (Å²) in [6.45, 7) is 0. The molecule has 0 atom stereocenters. The highest BCUT2D eigenvalue weighted by Gasteiger charge is 2.52. The zero-order valence-electron chi connectivity index (χ0n) is 42.3. The first kappa shape index (κ1) is 44.3. The van der Waals surface area contributed by atoms with Gasteiger partial charge in [0.15, 0.2) is 0 Å². The van der Waals surface area contributed by atoms with E-state index in [9.17, 15) is 0 Å². The molecule has 11 aromatic carbocycles. The Morgan fingerprint density at radius 3 is 1.38 bits per heavy atom. The molecule has 0 saturated carbocycles. The normalized spacial score (nSPS) is 14.1. The Morgan fingerprint density at radius 1 is 0.308 bits per heavy atom. The zero-order valence-corrected chi connectivity index (χ0v) is 44.7. The maximum absolute atomic E-state index is 2.53. The van der Waals surface area contributed by atoms with Crippen LogP contribution in [-0.2, 0) is 5.41 Å². The quantitative estimate of drug-likeness (QED) is 0.157. The minimum Gasteiger partial charge on any atom is -0.314 e. The van der Waals surface area contributed by atoms with Crippen LogP contribution in [0, 0.1) is 0 Å². The topological polar surface area (TPSA) is 6.48 Å². The summed E-state index contributed by atoms with van der Waals surface area (Å²) in [6.07, 6.45) is 6.59. The number of allylic oxidation sites excluding steroid dienone is 4. The van der Waals surface area contributed by atoms with Gasteiger partial charge in [-0.15, -0.1) is 34.0 Å². The molecule has 14 aromatic rings. The van der Waals surface area contributed by atoms with Gasteiger partial charge in [-0.25, -0.2) is 0 Å². The van der Waals surface area contributed by atoms with E-state index in [0.717, 1.165) is 24.2 Å². The van der Waals surface area contributed by atoms with Crippen LogP contribution in [0.2, 0.25) is 0 Å². The van der Waals surface area contributed by atoms with Crippen LogP contribution in [0.3, 0.4) is 0 Å². The summed E-state index contributed by atoms with van der Waals surface area (Å²) in [5.41, 5.74) is 19.9. The molecule has 0 radical (unpaired) electrons. The van der Waals surface area contributed by atoms with Crippen molar-refractivity contribution >= 4 is 129 Å². The summed E-state index contributed by atoms with van der Waals surface area (Å²) in [5, 5.41) is 7.88. The van der Waals surface area contributed by atoms with Crippen LogP contribution < -0.4 is 9.80 Å². The Labute approximate surface area is 464 Å². The fourth-order valence-corrected chi connectivity index (χ4v) is 17.0. The molecule has 366 valence electrons. The van der Waals surface area contributed by atoms with Gasteiger partial charge in [-0.05, 0) is 148 Å². The van der Waals surface area contributed by atoms with Gasteiger partial charge in [-0.2, -0.15) is 0 Å². The van der Waals surface area contributed by atoms with Gasteiger partial charge in [0, 0.05) is 94.5 Å². The molecular formula is C73H46N2S3. The van der Waals surface area contributed by atoms with Crippen LogP contribution >= 0.6 is 34.0 Å². The maximum atomic E-state index is 2.53. The van der Waals surface area contributed by atoms with Gasteiger partial charge in [0.25, 0.3) is 0 Å². The van der Waals surface area contributed by atoms with Gasteiger partial charge in [0.2, 0.25) is 0 Å². The predicted molar refractivity (Wildman–Crippen MR) is 336 cm³/mol. The lowest BCUT2D eigenvalue weighted by atomic mass is 9.70. The number of fused-ring (bicyclic) bond motifs is 19. The average Bonchev–Trinajstić information content (AvgIpc) is 3.13. The highest BCUT2D eigenvalue weighted by Crippen LogP contribution is 2.65. The second-order valence-corrected chi connectivity index (χ2v) is 24.2. The summed E-state index contributed by atoms with van der Waals surface area (Å²) in [5.74, 6) is 0. The van der Waals surface area contributed by atoms with Crippen LogP contribution in [0.25, 0.3) is 88.3 Å². The van der Waals surface area contributed by atoms with Crippen molar-refractivity contribution in [2.75, 3.05) is 9.80 Å². The third kappa shape index (κ3) is 6.41. The van der Waals surface area contributed by atoms with Crippen molar-refractivity contribution in [2.45, 2.75) is 18.3 Å². The van der Waals surface area contributed by atoms with E-state index in [4.69, 9.17) is 0 Å². The highest BCUT2D eigenvalue weighted by molar-refractivity contribution is 7.26. The molecule has 0 saturated heterocycles. The van der Waals surface area contributed by atoms with Crippen LogP contribution in [0.5, 0.6) is 0 Å². The molecule has 0 aliphatic heterocycles. The molecule has 3 aromatic heterocycles. The predicted octanol–water partition coefficient (Wildman–Crippen LogP) is 21.5. The van der Waals surface area contributed by atoms with Crippen molar-refractivity contribution in [2.24, 2.45) is 0 Å². The summed E-state index contributed by atoms with van der Waals surface area (Å²) in [7, 11) is 0. The van der Waals surface area contributed by atoms with Crippen molar-refractivity contribution in [1.29, 1.82) is 0 Å². The molecule has 2 nitrogen and oxygen atoms in total. The number of nitrogens with zero attached hydrogens (tertiary/aromatic N) is 2. The number of hydrogen-bond acceptors (Lipinski definition) is 5. The van der Waals surface area contributed by atoms with Crippen LogP contribution in [0.15, 0.2) is 261 Å². The van der Waals surface area contributed by atoms with Crippen LogP contribution in [-0.4, -0.2) is 0 Å². The van der Waals surface area contributed by atoms with Crippen LogP contribution in [0.1, 0.15) is 40.7 Å². The van der Waals surface area contributed by atoms with E-state index < -0.39 is 5.41 Å². The minimum absolute atomic E-state index is 0.439.